The Morgan fingerprint density at radius 3 is 2.60 bits per heavy atom. The average molecular weight is 400 g/mol. The molecule has 3 rings (SSSR count). The number of rotatable bonds is 2. The summed E-state index contributed by atoms with van der Waals surface area (Å²) >= 11 is 6.68. The zero-order valence-electron chi connectivity index (χ0n) is 10.4. The lowest BCUT2D eigenvalue weighted by atomic mass is 10.0. The molecule has 0 radical (unpaired) electrons. The van der Waals surface area contributed by atoms with Crippen LogP contribution in [0, 0.1) is 5.82 Å². The Morgan fingerprint density at radius 1 is 1.10 bits per heavy atom. The van der Waals surface area contributed by atoms with Gasteiger partial charge in [0.05, 0.1) is 23.2 Å². The van der Waals surface area contributed by atoms with Gasteiger partial charge in [0.2, 0.25) is 0 Å². The molecule has 5 heteroatoms. The lowest BCUT2D eigenvalue weighted by Crippen LogP contribution is -1.87. The Labute approximate surface area is 131 Å². The van der Waals surface area contributed by atoms with Gasteiger partial charge in [-0.05, 0) is 40.2 Å². The van der Waals surface area contributed by atoms with Crippen LogP contribution < -0.4 is 4.74 Å². The standard InChI is InChI=1S/C15H9Br2FO2/c1-19-13-5-4-11(17)15-14(13)10(7-20-15)9-3-2-8(16)6-12(9)18/h2-7H,1H3. The van der Waals surface area contributed by atoms with Crippen LogP contribution in [0.25, 0.3) is 22.1 Å². The molecule has 0 saturated heterocycles. The Balaban J connectivity index is 2.34. The topological polar surface area (TPSA) is 22.4 Å². The van der Waals surface area contributed by atoms with Gasteiger partial charge in [0.1, 0.15) is 11.6 Å². The third kappa shape index (κ3) is 2.15. The minimum atomic E-state index is -0.316. The summed E-state index contributed by atoms with van der Waals surface area (Å²) in [5.41, 5.74) is 1.79. The van der Waals surface area contributed by atoms with Crippen molar-refractivity contribution in [3.8, 4) is 16.9 Å². The molecule has 0 spiro atoms. The summed E-state index contributed by atoms with van der Waals surface area (Å²) in [6.45, 7) is 0. The number of methoxy groups -OCH3 is 1. The summed E-state index contributed by atoms with van der Waals surface area (Å²) in [4.78, 5) is 0. The molecule has 0 aliphatic rings. The molecule has 0 N–H and O–H groups in total. The summed E-state index contributed by atoms with van der Waals surface area (Å²) in [6.07, 6.45) is 1.55. The van der Waals surface area contributed by atoms with Crippen LogP contribution in [0.3, 0.4) is 0 Å². The van der Waals surface area contributed by atoms with Crippen molar-refractivity contribution in [2.24, 2.45) is 0 Å². The van der Waals surface area contributed by atoms with Gasteiger partial charge in [0, 0.05) is 15.6 Å². The van der Waals surface area contributed by atoms with E-state index in [1.165, 1.54) is 6.07 Å². The van der Waals surface area contributed by atoms with E-state index in [9.17, 15) is 4.39 Å². The molecule has 2 aromatic carbocycles. The van der Waals surface area contributed by atoms with E-state index in [4.69, 9.17) is 9.15 Å². The second kappa shape index (κ2) is 5.22. The van der Waals surface area contributed by atoms with Crippen molar-refractivity contribution in [3.05, 3.63) is 51.4 Å². The van der Waals surface area contributed by atoms with Crippen molar-refractivity contribution in [1.29, 1.82) is 0 Å². The number of ether oxygens (including phenoxy) is 1. The van der Waals surface area contributed by atoms with Crippen LogP contribution in [-0.4, -0.2) is 7.11 Å². The van der Waals surface area contributed by atoms with Crippen molar-refractivity contribution in [3.63, 3.8) is 0 Å². The highest BCUT2D eigenvalue weighted by molar-refractivity contribution is 9.11. The predicted octanol–water partition coefficient (Wildman–Crippen LogP) is 5.77. The lowest BCUT2D eigenvalue weighted by Gasteiger charge is -2.06. The van der Waals surface area contributed by atoms with E-state index < -0.39 is 0 Å². The van der Waals surface area contributed by atoms with E-state index >= 15 is 0 Å². The molecule has 0 aliphatic heterocycles. The third-order valence-electron chi connectivity index (χ3n) is 3.08. The third-order valence-corrected chi connectivity index (χ3v) is 4.19. The smallest absolute Gasteiger partial charge is 0.152 e. The quantitative estimate of drug-likeness (QED) is 0.545. The number of hydrogen-bond donors (Lipinski definition) is 0. The van der Waals surface area contributed by atoms with Gasteiger partial charge in [-0.2, -0.15) is 0 Å². The van der Waals surface area contributed by atoms with Crippen LogP contribution in [-0.2, 0) is 0 Å². The molecule has 0 aliphatic carbocycles. The highest BCUT2D eigenvalue weighted by atomic mass is 79.9. The van der Waals surface area contributed by atoms with Gasteiger partial charge in [0.25, 0.3) is 0 Å². The number of furan rings is 1. The fourth-order valence-electron chi connectivity index (χ4n) is 2.16. The van der Waals surface area contributed by atoms with Gasteiger partial charge in [-0.25, -0.2) is 4.39 Å². The Morgan fingerprint density at radius 2 is 1.90 bits per heavy atom. The summed E-state index contributed by atoms with van der Waals surface area (Å²) in [6, 6.07) is 8.60. The van der Waals surface area contributed by atoms with E-state index in [0.717, 1.165) is 9.86 Å². The molecule has 102 valence electrons. The largest absolute Gasteiger partial charge is 0.496 e. The van der Waals surface area contributed by atoms with Crippen molar-refractivity contribution in [2.45, 2.75) is 0 Å². The monoisotopic (exact) mass is 398 g/mol. The lowest BCUT2D eigenvalue weighted by molar-refractivity contribution is 0.419. The molecule has 0 atom stereocenters. The van der Waals surface area contributed by atoms with Crippen molar-refractivity contribution in [2.75, 3.05) is 7.11 Å². The summed E-state index contributed by atoms with van der Waals surface area (Å²) < 4.78 is 26.6. The van der Waals surface area contributed by atoms with Crippen LogP contribution in [0.15, 0.2) is 50.0 Å². The summed E-state index contributed by atoms with van der Waals surface area (Å²) in [7, 11) is 1.58. The number of hydrogen-bond acceptors (Lipinski definition) is 2. The van der Waals surface area contributed by atoms with Gasteiger partial charge in [-0.1, -0.05) is 22.0 Å². The molecule has 1 heterocycles. The second-order valence-electron chi connectivity index (χ2n) is 4.23. The van der Waals surface area contributed by atoms with Crippen molar-refractivity contribution >= 4 is 42.8 Å². The van der Waals surface area contributed by atoms with Gasteiger partial charge < -0.3 is 9.15 Å². The first-order chi connectivity index (χ1) is 9.61. The molecular weight excluding hydrogens is 391 g/mol. The number of halogens is 3. The maximum absolute atomic E-state index is 14.2. The molecule has 0 bridgehead atoms. The molecule has 0 unspecified atom stereocenters. The van der Waals surface area contributed by atoms with Crippen LogP contribution in [0.1, 0.15) is 0 Å². The first-order valence-corrected chi connectivity index (χ1v) is 7.39. The fraction of sp³-hybridized carbons (Fsp3) is 0.0667. The highest BCUT2D eigenvalue weighted by Crippen LogP contribution is 2.41. The highest BCUT2D eigenvalue weighted by Gasteiger charge is 2.17. The van der Waals surface area contributed by atoms with Crippen molar-refractivity contribution < 1.29 is 13.5 Å². The van der Waals surface area contributed by atoms with Gasteiger partial charge in [0.15, 0.2) is 5.58 Å². The normalized spacial score (nSPS) is 11.0. The fourth-order valence-corrected chi connectivity index (χ4v) is 2.92. The first-order valence-electron chi connectivity index (χ1n) is 5.81. The molecular formula is C15H9Br2FO2. The maximum atomic E-state index is 14.2. The SMILES string of the molecule is COc1ccc(Br)c2occ(-c3ccc(Br)cc3F)c12. The van der Waals surface area contributed by atoms with Crippen LogP contribution in [0.2, 0.25) is 0 Å². The van der Waals surface area contributed by atoms with E-state index in [1.54, 1.807) is 25.5 Å². The molecule has 20 heavy (non-hydrogen) atoms. The van der Waals surface area contributed by atoms with E-state index in [-0.39, 0.29) is 5.82 Å². The molecule has 0 amide bonds. The zero-order valence-corrected chi connectivity index (χ0v) is 13.6. The Hall–Kier alpha value is -1.33. The average Bonchev–Trinajstić information content (AvgIpc) is 2.85. The summed E-state index contributed by atoms with van der Waals surface area (Å²) in [5, 5.41) is 0.753. The minimum Gasteiger partial charge on any atom is -0.496 e. The molecule has 2 nitrogen and oxygen atoms in total. The van der Waals surface area contributed by atoms with Crippen LogP contribution in [0.4, 0.5) is 4.39 Å². The van der Waals surface area contributed by atoms with Gasteiger partial charge >= 0.3 is 0 Å². The van der Waals surface area contributed by atoms with Crippen LogP contribution >= 0.6 is 31.9 Å². The molecule has 1 aromatic heterocycles. The Kier molecular flexibility index (Phi) is 3.56. The number of fused-ring (bicyclic) bond motifs is 1. The molecule has 3 aromatic rings. The maximum Gasteiger partial charge on any atom is 0.152 e. The van der Waals surface area contributed by atoms with Gasteiger partial charge in [-0.3, -0.25) is 0 Å². The zero-order chi connectivity index (χ0) is 14.3. The molecule has 0 saturated carbocycles. The van der Waals surface area contributed by atoms with E-state index in [1.807, 2.05) is 12.1 Å². The molecule has 0 fully saturated rings. The summed E-state index contributed by atoms with van der Waals surface area (Å²) in [5.74, 6) is 0.332. The van der Waals surface area contributed by atoms with Crippen LogP contribution in [0.5, 0.6) is 5.75 Å². The second-order valence-corrected chi connectivity index (χ2v) is 6.00. The predicted molar refractivity (Wildman–Crippen MR) is 83.6 cm³/mol. The first kappa shape index (κ1) is 13.6. The Bertz CT molecular complexity index is 796. The number of benzene rings is 2. The van der Waals surface area contributed by atoms with E-state index in [2.05, 4.69) is 31.9 Å². The van der Waals surface area contributed by atoms with Crippen molar-refractivity contribution in [1.82, 2.24) is 0 Å². The van der Waals surface area contributed by atoms with E-state index in [0.29, 0.717) is 26.9 Å². The van der Waals surface area contributed by atoms with Gasteiger partial charge in [-0.15, -0.1) is 0 Å². The minimum absolute atomic E-state index is 0.316.